The maximum absolute atomic E-state index is 11.7. The molecule has 12 heavy (non-hydrogen) atoms. The number of hydrogen-bond donors (Lipinski definition) is 0. The molecule has 2 nitrogen and oxygen atoms in total. The third-order valence-electron chi connectivity index (χ3n) is 1.63. The number of hydrogen-bond acceptors (Lipinski definition) is 2. The molecule has 0 aromatic carbocycles. The monoisotopic (exact) mass is 247 g/mol. The minimum absolute atomic E-state index is 0.789. The van der Waals surface area contributed by atoms with Crippen molar-refractivity contribution in [3.8, 4) is 0 Å². The van der Waals surface area contributed by atoms with Gasteiger partial charge in [-0.15, -0.1) is 0 Å². The quantitative estimate of drug-likeness (QED) is 0.564. The molecule has 0 atom stereocenters. The summed E-state index contributed by atoms with van der Waals surface area (Å²) in [5, 5.41) is 0.866. The van der Waals surface area contributed by atoms with E-state index in [2.05, 4.69) is 20.9 Å². The number of aryl methyl sites for hydroxylation is 1. The molecule has 4 heteroatoms. The molecular formula is C8H11BrNOP. The zero-order valence-electron chi connectivity index (χ0n) is 7.34. The molecule has 0 N–H and O–H groups in total. The lowest BCUT2D eigenvalue weighted by Crippen LogP contribution is -2.08. The normalized spacial score (nSPS) is 11.7. The van der Waals surface area contributed by atoms with Gasteiger partial charge in [0, 0.05) is 11.5 Å². The van der Waals surface area contributed by atoms with E-state index in [1.807, 2.05) is 13.0 Å². The molecule has 0 radical (unpaired) electrons. The van der Waals surface area contributed by atoms with Gasteiger partial charge in [-0.3, -0.25) is 0 Å². The Hall–Kier alpha value is -0.140. The van der Waals surface area contributed by atoms with Crippen molar-refractivity contribution in [2.24, 2.45) is 0 Å². The van der Waals surface area contributed by atoms with E-state index in [0.29, 0.717) is 0 Å². The van der Waals surface area contributed by atoms with Gasteiger partial charge in [-0.2, -0.15) is 0 Å². The van der Waals surface area contributed by atoms with Crippen LogP contribution in [0.25, 0.3) is 0 Å². The predicted molar refractivity (Wildman–Crippen MR) is 55.8 cm³/mol. The van der Waals surface area contributed by atoms with Crippen LogP contribution in [-0.4, -0.2) is 18.3 Å². The van der Waals surface area contributed by atoms with Crippen molar-refractivity contribution in [1.29, 1.82) is 0 Å². The highest BCUT2D eigenvalue weighted by Gasteiger charge is 2.14. The summed E-state index contributed by atoms with van der Waals surface area (Å²) in [6.45, 7) is 5.46. The van der Waals surface area contributed by atoms with Crippen molar-refractivity contribution in [2.75, 3.05) is 13.3 Å². The first kappa shape index (κ1) is 9.94. The fourth-order valence-corrected chi connectivity index (χ4v) is 2.77. The van der Waals surface area contributed by atoms with Gasteiger partial charge < -0.3 is 4.57 Å². The van der Waals surface area contributed by atoms with Crippen molar-refractivity contribution >= 4 is 28.4 Å². The van der Waals surface area contributed by atoms with Crippen LogP contribution in [0.4, 0.5) is 0 Å². The van der Waals surface area contributed by atoms with Crippen LogP contribution < -0.4 is 5.30 Å². The summed E-state index contributed by atoms with van der Waals surface area (Å²) in [7, 11) is -2.16. The van der Waals surface area contributed by atoms with E-state index >= 15 is 0 Å². The standard InChI is InChI=1S/C8H11BrNOP/c1-6-4-8(9)10-5-7(6)12(2,3)11/h4-5H,1-3H3. The summed E-state index contributed by atoms with van der Waals surface area (Å²) in [5.74, 6) is 0. The molecule has 0 amide bonds. The summed E-state index contributed by atoms with van der Waals surface area (Å²) in [5.41, 5.74) is 1.03. The molecule has 1 aromatic rings. The molecule has 0 saturated carbocycles. The van der Waals surface area contributed by atoms with Gasteiger partial charge in [0.1, 0.15) is 11.7 Å². The van der Waals surface area contributed by atoms with E-state index in [9.17, 15) is 4.57 Å². The zero-order chi connectivity index (χ0) is 9.35. The first-order valence-corrected chi connectivity index (χ1v) is 6.98. The van der Waals surface area contributed by atoms with Crippen molar-refractivity contribution in [3.05, 3.63) is 22.4 Å². The van der Waals surface area contributed by atoms with Gasteiger partial charge in [0.05, 0.1) is 0 Å². The Labute approximate surface area is 80.9 Å². The lowest BCUT2D eigenvalue weighted by molar-refractivity contribution is 0.588. The van der Waals surface area contributed by atoms with Crippen molar-refractivity contribution in [2.45, 2.75) is 6.92 Å². The van der Waals surface area contributed by atoms with E-state index in [0.717, 1.165) is 15.5 Å². The topological polar surface area (TPSA) is 30.0 Å². The van der Waals surface area contributed by atoms with Crippen molar-refractivity contribution in [1.82, 2.24) is 4.98 Å². The van der Waals surface area contributed by atoms with E-state index in [1.165, 1.54) is 0 Å². The van der Waals surface area contributed by atoms with E-state index in [-0.39, 0.29) is 0 Å². The van der Waals surface area contributed by atoms with Crippen LogP contribution in [0.5, 0.6) is 0 Å². The lowest BCUT2D eigenvalue weighted by Gasteiger charge is -2.09. The van der Waals surface area contributed by atoms with E-state index in [4.69, 9.17) is 0 Å². The highest BCUT2D eigenvalue weighted by Crippen LogP contribution is 2.35. The second-order valence-corrected chi connectivity index (χ2v) is 7.14. The van der Waals surface area contributed by atoms with Crippen LogP contribution in [0.2, 0.25) is 0 Å². The van der Waals surface area contributed by atoms with Crippen LogP contribution in [0.15, 0.2) is 16.9 Å². The second-order valence-electron chi connectivity index (χ2n) is 3.14. The van der Waals surface area contributed by atoms with Crippen molar-refractivity contribution in [3.63, 3.8) is 0 Å². The summed E-state index contributed by atoms with van der Waals surface area (Å²) in [6, 6.07) is 1.88. The number of halogens is 1. The average Bonchev–Trinajstić information content (AvgIpc) is 1.83. The van der Waals surface area contributed by atoms with Crippen LogP contribution in [0.3, 0.4) is 0 Å². The smallest absolute Gasteiger partial charge is 0.111 e. The number of rotatable bonds is 1. The third-order valence-corrected chi connectivity index (χ3v) is 3.69. The molecule has 0 aliphatic rings. The largest absolute Gasteiger partial charge is 0.319 e. The Kier molecular flexibility index (Phi) is 2.74. The molecule has 0 aliphatic carbocycles. The number of nitrogens with zero attached hydrogens (tertiary/aromatic N) is 1. The maximum Gasteiger partial charge on any atom is 0.111 e. The highest BCUT2D eigenvalue weighted by molar-refractivity contribution is 9.10. The number of pyridine rings is 1. The summed E-state index contributed by atoms with van der Waals surface area (Å²) in [6.07, 6.45) is 1.68. The average molecular weight is 248 g/mol. The van der Waals surface area contributed by atoms with E-state index in [1.54, 1.807) is 19.5 Å². The number of aromatic nitrogens is 1. The third kappa shape index (κ3) is 2.18. The van der Waals surface area contributed by atoms with Crippen LogP contribution >= 0.6 is 23.1 Å². The predicted octanol–water partition coefficient (Wildman–Crippen LogP) is 2.40. The minimum atomic E-state index is -2.16. The van der Waals surface area contributed by atoms with Gasteiger partial charge in [0.25, 0.3) is 0 Å². The minimum Gasteiger partial charge on any atom is -0.319 e. The summed E-state index contributed by atoms with van der Waals surface area (Å²) < 4.78 is 12.5. The van der Waals surface area contributed by atoms with Crippen LogP contribution in [0, 0.1) is 6.92 Å². The Morgan fingerprint density at radius 2 is 2.08 bits per heavy atom. The van der Waals surface area contributed by atoms with Gasteiger partial charge in [-0.05, 0) is 47.8 Å². The Balaban J connectivity index is 3.28. The van der Waals surface area contributed by atoms with E-state index < -0.39 is 7.14 Å². The van der Waals surface area contributed by atoms with Crippen molar-refractivity contribution < 1.29 is 4.57 Å². The first-order valence-electron chi connectivity index (χ1n) is 3.59. The molecule has 0 unspecified atom stereocenters. The molecule has 0 fully saturated rings. The van der Waals surface area contributed by atoms with Gasteiger partial charge in [-0.25, -0.2) is 4.98 Å². The molecule has 1 rings (SSSR count). The fraction of sp³-hybridized carbons (Fsp3) is 0.375. The molecule has 0 spiro atoms. The molecule has 66 valence electrons. The molecule has 1 heterocycles. The Morgan fingerprint density at radius 3 is 2.50 bits per heavy atom. The first-order chi connectivity index (χ1) is 5.41. The highest BCUT2D eigenvalue weighted by atomic mass is 79.9. The maximum atomic E-state index is 11.7. The van der Waals surface area contributed by atoms with Gasteiger partial charge in [0.15, 0.2) is 0 Å². The molecular weight excluding hydrogens is 237 g/mol. The van der Waals surface area contributed by atoms with Crippen LogP contribution in [-0.2, 0) is 4.57 Å². The van der Waals surface area contributed by atoms with Gasteiger partial charge in [-0.1, -0.05) is 0 Å². The molecule has 0 saturated heterocycles. The van der Waals surface area contributed by atoms with Crippen LogP contribution in [0.1, 0.15) is 5.56 Å². The molecule has 0 aliphatic heterocycles. The molecule has 1 aromatic heterocycles. The van der Waals surface area contributed by atoms with Gasteiger partial charge >= 0.3 is 0 Å². The fourth-order valence-electron chi connectivity index (χ4n) is 1.08. The Bertz CT molecular complexity index is 345. The SMILES string of the molecule is Cc1cc(Br)ncc1P(C)(C)=O. The summed E-state index contributed by atoms with van der Waals surface area (Å²) >= 11 is 3.26. The lowest BCUT2D eigenvalue weighted by atomic mass is 10.3. The van der Waals surface area contributed by atoms with Gasteiger partial charge in [0.2, 0.25) is 0 Å². The summed E-state index contributed by atoms with van der Waals surface area (Å²) in [4.78, 5) is 4.05. The second kappa shape index (κ2) is 3.31. The Morgan fingerprint density at radius 1 is 1.50 bits per heavy atom. The zero-order valence-corrected chi connectivity index (χ0v) is 9.82. The molecule has 0 bridgehead atoms.